The van der Waals surface area contributed by atoms with E-state index in [1.54, 1.807) is 31.2 Å². The average Bonchev–Trinajstić information content (AvgIpc) is 2.92. The highest BCUT2D eigenvalue weighted by Crippen LogP contribution is 2.28. The van der Waals surface area contributed by atoms with Crippen LogP contribution in [0, 0.1) is 6.92 Å². The van der Waals surface area contributed by atoms with Gasteiger partial charge in [0.05, 0.1) is 11.1 Å². The van der Waals surface area contributed by atoms with E-state index in [-0.39, 0.29) is 11.6 Å². The van der Waals surface area contributed by atoms with E-state index in [0.29, 0.717) is 39.7 Å². The molecule has 3 rings (SSSR count). The van der Waals surface area contributed by atoms with Gasteiger partial charge < -0.3 is 4.42 Å². The van der Waals surface area contributed by atoms with E-state index in [1.165, 1.54) is 6.92 Å². The Morgan fingerprint density at radius 2 is 1.60 bits per heavy atom. The molecule has 0 N–H and O–H groups in total. The summed E-state index contributed by atoms with van der Waals surface area (Å²) in [5.74, 6) is 0.562. The molecule has 0 aliphatic rings. The Balaban J connectivity index is 2.10. The predicted octanol–water partition coefficient (Wildman–Crippen LogP) is 5.27. The minimum Gasteiger partial charge on any atom is -0.464 e. The largest absolute Gasteiger partial charge is 0.464 e. The summed E-state index contributed by atoms with van der Waals surface area (Å²) in [4.78, 5) is 25.2. The topological polar surface area (TPSA) is 47.3 Å². The monoisotopic (exact) mass is 352 g/mol. The van der Waals surface area contributed by atoms with Crippen LogP contribution in [-0.4, -0.2) is 11.6 Å². The van der Waals surface area contributed by atoms with Crippen molar-refractivity contribution in [1.82, 2.24) is 0 Å². The van der Waals surface area contributed by atoms with E-state index in [2.05, 4.69) is 0 Å². The van der Waals surface area contributed by atoms with Crippen LogP contribution in [0.25, 0.3) is 0 Å². The number of benzene rings is 2. The van der Waals surface area contributed by atoms with Gasteiger partial charge in [-0.1, -0.05) is 41.9 Å². The summed E-state index contributed by atoms with van der Waals surface area (Å²) >= 11 is 5.90. The molecule has 0 amide bonds. The van der Waals surface area contributed by atoms with Crippen LogP contribution in [0.1, 0.15) is 50.3 Å². The highest BCUT2D eigenvalue weighted by molar-refractivity contribution is 6.30. The second kappa shape index (κ2) is 7.08. The molecule has 25 heavy (non-hydrogen) atoms. The maximum atomic E-state index is 13.1. The van der Waals surface area contributed by atoms with Crippen LogP contribution in [-0.2, 0) is 6.42 Å². The SMILES string of the molecule is CC(=O)c1c(C)oc(Cc2ccccc2)c1C(=O)c1ccc(Cl)cc1. The Kier molecular flexibility index (Phi) is 4.86. The Bertz CT molecular complexity index is 922. The van der Waals surface area contributed by atoms with Crippen molar-refractivity contribution in [2.24, 2.45) is 0 Å². The van der Waals surface area contributed by atoms with Crippen molar-refractivity contribution in [2.75, 3.05) is 0 Å². The molecule has 3 aromatic rings. The molecule has 0 aliphatic heterocycles. The standard InChI is InChI=1S/C21H17ClO3/c1-13(23)19-14(2)25-18(12-15-6-4-3-5-7-15)20(19)21(24)16-8-10-17(22)11-9-16/h3-11H,12H2,1-2H3. The fraction of sp³-hybridized carbons (Fsp3) is 0.143. The lowest BCUT2D eigenvalue weighted by Gasteiger charge is -2.05. The molecule has 126 valence electrons. The van der Waals surface area contributed by atoms with E-state index >= 15 is 0 Å². The number of halogens is 1. The molecule has 0 saturated heterocycles. The Labute approximate surface area is 151 Å². The number of carbonyl (C=O) groups is 2. The first-order valence-corrected chi connectivity index (χ1v) is 8.32. The maximum absolute atomic E-state index is 13.1. The van der Waals surface area contributed by atoms with Gasteiger partial charge in [-0.05, 0) is 43.7 Å². The first-order valence-electron chi connectivity index (χ1n) is 7.94. The van der Waals surface area contributed by atoms with Crippen LogP contribution in [0.15, 0.2) is 59.0 Å². The van der Waals surface area contributed by atoms with Crippen molar-refractivity contribution in [2.45, 2.75) is 20.3 Å². The molecule has 0 bridgehead atoms. The van der Waals surface area contributed by atoms with Gasteiger partial charge in [0.1, 0.15) is 11.5 Å². The molecule has 0 fully saturated rings. The van der Waals surface area contributed by atoms with Gasteiger partial charge in [0, 0.05) is 17.0 Å². The second-order valence-corrected chi connectivity index (χ2v) is 6.32. The Hall–Kier alpha value is -2.65. The van der Waals surface area contributed by atoms with Crippen molar-refractivity contribution < 1.29 is 14.0 Å². The van der Waals surface area contributed by atoms with Crippen molar-refractivity contribution in [3.8, 4) is 0 Å². The first-order chi connectivity index (χ1) is 12.0. The summed E-state index contributed by atoms with van der Waals surface area (Å²) in [6.07, 6.45) is 0.448. The summed E-state index contributed by atoms with van der Waals surface area (Å²) in [6.45, 7) is 3.16. The molecule has 1 heterocycles. The molecule has 2 aromatic carbocycles. The van der Waals surface area contributed by atoms with Gasteiger partial charge in [-0.25, -0.2) is 0 Å². The quantitative estimate of drug-likeness (QED) is 0.588. The normalized spacial score (nSPS) is 10.7. The average molecular weight is 353 g/mol. The third kappa shape index (κ3) is 3.57. The summed E-state index contributed by atoms with van der Waals surface area (Å²) in [6, 6.07) is 16.3. The lowest BCUT2D eigenvalue weighted by Crippen LogP contribution is -2.09. The third-order valence-corrected chi connectivity index (χ3v) is 4.30. The zero-order chi connectivity index (χ0) is 18.0. The Morgan fingerprint density at radius 1 is 0.960 bits per heavy atom. The van der Waals surface area contributed by atoms with Crippen molar-refractivity contribution in [3.63, 3.8) is 0 Å². The molecule has 0 unspecified atom stereocenters. The molecule has 1 aromatic heterocycles. The van der Waals surface area contributed by atoms with Gasteiger partial charge in [0.2, 0.25) is 0 Å². The number of aryl methyl sites for hydroxylation is 1. The molecule has 0 atom stereocenters. The highest BCUT2D eigenvalue weighted by atomic mass is 35.5. The Morgan fingerprint density at radius 3 is 2.20 bits per heavy atom. The molecule has 4 heteroatoms. The van der Waals surface area contributed by atoms with Crippen molar-refractivity contribution >= 4 is 23.2 Å². The van der Waals surface area contributed by atoms with Crippen LogP contribution < -0.4 is 0 Å². The summed E-state index contributed by atoms with van der Waals surface area (Å²) < 4.78 is 5.81. The zero-order valence-corrected chi connectivity index (χ0v) is 14.8. The summed E-state index contributed by atoms with van der Waals surface area (Å²) in [7, 11) is 0. The van der Waals surface area contributed by atoms with E-state index in [1.807, 2.05) is 30.3 Å². The third-order valence-electron chi connectivity index (χ3n) is 4.05. The van der Waals surface area contributed by atoms with Gasteiger partial charge >= 0.3 is 0 Å². The van der Waals surface area contributed by atoms with Crippen LogP contribution in [0.3, 0.4) is 0 Å². The minimum absolute atomic E-state index is 0.183. The number of ketones is 2. The number of hydrogen-bond donors (Lipinski definition) is 0. The molecular formula is C21H17ClO3. The maximum Gasteiger partial charge on any atom is 0.197 e. The van der Waals surface area contributed by atoms with E-state index in [9.17, 15) is 9.59 Å². The van der Waals surface area contributed by atoms with Crippen LogP contribution in [0.5, 0.6) is 0 Å². The molecule has 0 saturated carbocycles. The lowest BCUT2D eigenvalue weighted by atomic mass is 9.95. The lowest BCUT2D eigenvalue weighted by molar-refractivity contribution is 0.0990. The number of Topliss-reactive ketones (excluding diaryl/α,β-unsaturated/α-hetero) is 1. The molecule has 0 radical (unpaired) electrons. The summed E-state index contributed by atoms with van der Waals surface area (Å²) in [5, 5.41) is 0.552. The molecular weight excluding hydrogens is 336 g/mol. The molecule has 0 spiro atoms. The van der Waals surface area contributed by atoms with E-state index < -0.39 is 0 Å². The van der Waals surface area contributed by atoms with E-state index in [0.717, 1.165) is 5.56 Å². The van der Waals surface area contributed by atoms with Crippen molar-refractivity contribution in [1.29, 1.82) is 0 Å². The zero-order valence-electron chi connectivity index (χ0n) is 14.0. The molecule has 0 aliphatic carbocycles. The fourth-order valence-corrected chi connectivity index (χ4v) is 3.04. The van der Waals surface area contributed by atoms with Crippen LogP contribution in [0.4, 0.5) is 0 Å². The molecule has 3 nitrogen and oxygen atoms in total. The van der Waals surface area contributed by atoms with Gasteiger partial charge in [-0.15, -0.1) is 0 Å². The second-order valence-electron chi connectivity index (χ2n) is 5.89. The smallest absolute Gasteiger partial charge is 0.197 e. The van der Waals surface area contributed by atoms with E-state index in [4.69, 9.17) is 16.0 Å². The van der Waals surface area contributed by atoms with Crippen LogP contribution in [0.2, 0.25) is 5.02 Å². The predicted molar refractivity (Wildman–Crippen MR) is 97.6 cm³/mol. The van der Waals surface area contributed by atoms with Crippen molar-refractivity contribution in [3.05, 3.63) is 93.4 Å². The van der Waals surface area contributed by atoms with Gasteiger partial charge in [-0.2, -0.15) is 0 Å². The van der Waals surface area contributed by atoms with Gasteiger partial charge in [-0.3, -0.25) is 9.59 Å². The fourth-order valence-electron chi connectivity index (χ4n) is 2.92. The van der Waals surface area contributed by atoms with Crippen LogP contribution >= 0.6 is 11.6 Å². The number of furan rings is 1. The highest BCUT2D eigenvalue weighted by Gasteiger charge is 2.27. The number of rotatable bonds is 5. The first kappa shape index (κ1) is 17.2. The minimum atomic E-state index is -0.232. The number of carbonyl (C=O) groups excluding carboxylic acids is 2. The summed E-state index contributed by atoms with van der Waals surface area (Å²) in [5.41, 5.74) is 2.18. The number of hydrogen-bond acceptors (Lipinski definition) is 3. The van der Waals surface area contributed by atoms with Gasteiger partial charge in [0.25, 0.3) is 0 Å². The van der Waals surface area contributed by atoms with Gasteiger partial charge in [0.15, 0.2) is 11.6 Å².